The molecule has 112 valence electrons. The van der Waals surface area contributed by atoms with Crippen LogP contribution in [0.2, 0.25) is 0 Å². The fraction of sp³-hybridized carbons (Fsp3) is 0.389. The second-order valence-corrected chi connectivity index (χ2v) is 5.11. The van der Waals surface area contributed by atoms with Crippen LogP contribution in [0.4, 0.5) is 0 Å². The molecule has 1 aromatic heterocycles. The van der Waals surface area contributed by atoms with Crippen molar-refractivity contribution in [2.24, 2.45) is 0 Å². The van der Waals surface area contributed by atoms with Crippen LogP contribution in [0.3, 0.4) is 0 Å². The smallest absolute Gasteiger partial charge is 0.134 e. The zero-order valence-electron chi connectivity index (χ0n) is 12.9. The van der Waals surface area contributed by atoms with Gasteiger partial charge in [0, 0.05) is 24.5 Å². The first-order valence-electron chi connectivity index (χ1n) is 7.74. The summed E-state index contributed by atoms with van der Waals surface area (Å²) in [7, 11) is 0. The van der Waals surface area contributed by atoms with E-state index in [9.17, 15) is 0 Å². The highest BCUT2D eigenvalue weighted by Gasteiger charge is 2.04. The van der Waals surface area contributed by atoms with Crippen molar-refractivity contribution in [1.29, 1.82) is 0 Å². The molecule has 1 heterocycles. The molecule has 0 radical (unpaired) electrons. The highest BCUT2D eigenvalue weighted by Crippen LogP contribution is 2.25. The van der Waals surface area contributed by atoms with E-state index >= 15 is 0 Å². The maximum atomic E-state index is 5.99. The molecular weight excluding hydrogens is 260 g/mol. The average Bonchev–Trinajstić information content (AvgIpc) is 2.53. The second-order valence-electron chi connectivity index (χ2n) is 5.11. The van der Waals surface area contributed by atoms with Crippen LogP contribution in [0.1, 0.15) is 37.8 Å². The number of benzene rings is 1. The molecule has 0 fully saturated rings. The first-order chi connectivity index (χ1) is 10.3. The van der Waals surface area contributed by atoms with Gasteiger partial charge in [0.1, 0.15) is 11.5 Å². The van der Waals surface area contributed by atoms with Crippen molar-refractivity contribution in [2.45, 2.75) is 39.7 Å². The van der Waals surface area contributed by atoms with Gasteiger partial charge in [-0.15, -0.1) is 0 Å². The van der Waals surface area contributed by atoms with E-state index in [1.54, 1.807) is 6.20 Å². The number of aromatic nitrogens is 1. The highest BCUT2D eigenvalue weighted by molar-refractivity contribution is 5.36. The topological polar surface area (TPSA) is 34.1 Å². The Morgan fingerprint density at radius 2 is 1.90 bits per heavy atom. The van der Waals surface area contributed by atoms with E-state index in [0.717, 1.165) is 36.6 Å². The molecule has 0 aliphatic carbocycles. The molecule has 0 aliphatic heterocycles. The van der Waals surface area contributed by atoms with Gasteiger partial charge in [0.05, 0.1) is 0 Å². The van der Waals surface area contributed by atoms with Crippen LogP contribution >= 0.6 is 0 Å². The van der Waals surface area contributed by atoms with Crippen LogP contribution in [0.15, 0.2) is 42.7 Å². The zero-order valence-corrected chi connectivity index (χ0v) is 12.9. The fourth-order valence-corrected chi connectivity index (χ4v) is 2.14. The quantitative estimate of drug-likeness (QED) is 0.783. The molecule has 0 saturated carbocycles. The number of nitrogens with one attached hydrogen (secondary N) is 1. The van der Waals surface area contributed by atoms with Crippen molar-refractivity contribution in [3.8, 4) is 11.5 Å². The van der Waals surface area contributed by atoms with Crippen molar-refractivity contribution in [1.82, 2.24) is 10.3 Å². The summed E-state index contributed by atoms with van der Waals surface area (Å²) < 4.78 is 5.99. The minimum absolute atomic E-state index is 0.772. The SMILES string of the molecule is CCCCc1ccc(Oc2ccncc2CNCC)cc1. The summed E-state index contributed by atoms with van der Waals surface area (Å²) in [5.41, 5.74) is 2.45. The van der Waals surface area contributed by atoms with Gasteiger partial charge in [-0.3, -0.25) is 4.98 Å². The van der Waals surface area contributed by atoms with Crippen molar-refractivity contribution >= 4 is 0 Å². The van der Waals surface area contributed by atoms with E-state index in [2.05, 4.69) is 36.3 Å². The molecule has 2 aromatic rings. The van der Waals surface area contributed by atoms with Gasteiger partial charge in [-0.05, 0) is 43.1 Å². The molecule has 0 saturated heterocycles. The van der Waals surface area contributed by atoms with Gasteiger partial charge in [0.25, 0.3) is 0 Å². The minimum atomic E-state index is 0.772. The van der Waals surface area contributed by atoms with E-state index in [1.807, 2.05) is 24.4 Å². The van der Waals surface area contributed by atoms with E-state index in [0.29, 0.717) is 0 Å². The lowest BCUT2D eigenvalue weighted by Crippen LogP contribution is -2.12. The van der Waals surface area contributed by atoms with E-state index in [1.165, 1.54) is 18.4 Å². The normalized spacial score (nSPS) is 10.6. The summed E-state index contributed by atoms with van der Waals surface area (Å²) in [6, 6.07) is 10.3. The van der Waals surface area contributed by atoms with E-state index in [-0.39, 0.29) is 0 Å². The highest BCUT2D eigenvalue weighted by atomic mass is 16.5. The molecule has 0 aliphatic rings. The molecule has 2 rings (SSSR count). The third-order valence-electron chi connectivity index (χ3n) is 3.39. The Balaban J connectivity index is 2.04. The van der Waals surface area contributed by atoms with Gasteiger partial charge >= 0.3 is 0 Å². The number of nitrogens with zero attached hydrogens (tertiary/aromatic N) is 1. The van der Waals surface area contributed by atoms with Crippen LogP contribution in [-0.2, 0) is 13.0 Å². The number of hydrogen-bond donors (Lipinski definition) is 1. The van der Waals surface area contributed by atoms with Crippen LogP contribution in [0, 0.1) is 0 Å². The van der Waals surface area contributed by atoms with Crippen molar-refractivity contribution in [2.75, 3.05) is 6.54 Å². The van der Waals surface area contributed by atoms with Gasteiger partial charge in [-0.25, -0.2) is 0 Å². The minimum Gasteiger partial charge on any atom is -0.457 e. The molecule has 0 unspecified atom stereocenters. The molecule has 1 N–H and O–H groups in total. The van der Waals surface area contributed by atoms with Crippen molar-refractivity contribution in [3.05, 3.63) is 53.9 Å². The lowest BCUT2D eigenvalue weighted by molar-refractivity contribution is 0.472. The Bertz CT molecular complexity index is 537. The molecule has 0 atom stereocenters. The van der Waals surface area contributed by atoms with Crippen molar-refractivity contribution < 1.29 is 4.74 Å². The Morgan fingerprint density at radius 3 is 2.62 bits per heavy atom. The predicted octanol–water partition coefficient (Wildman–Crippen LogP) is 4.33. The molecule has 21 heavy (non-hydrogen) atoms. The third kappa shape index (κ3) is 4.87. The lowest BCUT2D eigenvalue weighted by atomic mass is 10.1. The maximum absolute atomic E-state index is 5.99. The summed E-state index contributed by atoms with van der Waals surface area (Å²) in [6.07, 6.45) is 7.21. The third-order valence-corrected chi connectivity index (χ3v) is 3.39. The Labute approximate surface area is 127 Å². The Morgan fingerprint density at radius 1 is 1.10 bits per heavy atom. The molecule has 3 heteroatoms. The van der Waals surface area contributed by atoms with Crippen LogP contribution < -0.4 is 10.1 Å². The van der Waals surface area contributed by atoms with Gasteiger partial charge in [-0.2, -0.15) is 0 Å². The molecule has 3 nitrogen and oxygen atoms in total. The van der Waals surface area contributed by atoms with Crippen LogP contribution in [-0.4, -0.2) is 11.5 Å². The summed E-state index contributed by atoms with van der Waals surface area (Å²) in [5.74, 6) is 1.74. The van der Waals surface area contributed by atoms with Crippen LogP contribution in [0.5, 0.6) is 11.5 Å². The van der Waals surface area contributed by atoms with E-state index < -0.39 is 0 Å². The molecule has 0 bridgehead atoms. The number of unbranched alkanes of at least 4 members (excludes halogenated alkanes) is 1. The molecule has 1 aromatic carbocycles. The van der Waals surface area contributed by atoms with Gasteiger partial charge in [-0.1, -0.05) is 32.4 Å². The van der Waals surface area contributed by atoms with Gasteiger partial charge < -0.3 is 10.1 Å². The Kier molecular flexibility index (Phi) is 6.22. The summed E-state index contributed by atoms with van der Waals surface area (Å²) in [4.78, 5) is 4.17. The standard InChI is InChI=1S/C18H24N2O/c1-3-5-6-15-7-9-17(10-8-15)21-18-11-12-20-14-16(18)13-19-4-2/h7-12,14,19H,3-6,13H2,1-2H3. The zero-order chi connectivity index (χ0) is 14.9. The molecular formula is C18H24N2O. The number of pyridine rings is 1. The summed E-state index contributed by atoms with van der Waals surface area (Å²) >= 11 is 0. The summed E-state index contributed by atoms with van der Waals surface area (Å²) in [6.45, 7) is 6.01. The number of ether oxygens (including phenoxy) is 1. The van der Waals surface area contributed by atoms with E-state index in [4.69, 9.17) is 4.74 Å². The van der Waals surface area contributed by atoms with Gasteiger partial charge in [0.15, 0.2) is 0 Å². The largest absolute Gasteiger partial charge is 0.457 e. The molecule has 0 amide bonds. The number of aryl methyl sites for hydroxylation is 1. The average molecular weight is 284 g/mol. The van der Waals surface area contributed by atoms with Crippen LogP contribution in [0.25, 0.3) is 0 Å². The molecule has 0 spiro atoms. The summed E-state index contributed by atoms with van der Waals surface area (Å²) in [5, 5.41) is 3.30. The first-order valence-corrected chi connectivity index (χ1v) is 7.74. The fourth-order valence-electron chi connectivity index (χ4n) is 2.14. The Hall–Kier alpha value is -1.87. The predicted molar refractivity (Wildman–Crippen MR) is 86.7 cm³/mol. The maximum Gasteiger partial charge on any atom is 0.134 e. The number of rotatable bonds is 8. The first kappa shape index (κ1) is 15.5. The second kappa shape index (κ2) is 8.42. The van der Waals surface area contributed by atoms with Crippen molar-refractivity contribution in [3.63, 3.8) is 0 Å². The number of hydrogen-bond acceptors (Lipinski definition) is 3. The van der Waals surface area contributed by atoms with Gasteiger partial charge in [0.2, 0.25) is 0 Å². The monoisotopic (exact) mass is 284 g/mol. The lowest BCUT2D eigenvalue weighted by Gasteiger charge is -2.11.